The van der Waals surface area contributed by atoms with Crippen molar-refractivity contribution in [3.05, 3.63) is 52.1 Å². The number of fused-ring (bicyclic) bond motifs is 1. The molecule has 1 unspecified atom stereocenters. The summed E-state index contributed by atoms with van der Waals surface area (Å²) < 4.78 is 2.98. The Morgan fingerprint density at radius 2 is 2.25 bits per heavy atom. The van der Waals surface area contributed by atoms with Crippen molar-refractivity contribution in [1.82, 2.24) is 9.55 Å². The first kappa shape index (κ1) is 9.85. The van der Waals surface area contributed by atoms with Gasteiger partial charge in [-0.2, -0.15) is 0 Å². The Kier molecular flexibility index (Phi) is 2.21. The number of aromatic nitrogens is 2. The third kappa shape index (κ3) is 1.52. The number of nitrogens with zero attached hydrogens (tertiary/aromatic N) is 1. The Labute approximate surface area is 99.9 Å². The molecule has 1 atom stereocenters. The van der Waals surface area contributed by atoms with Gasteiger partial charge in [0.25, 0.3) is 0 Å². The quantitative estimate of drug-likeness (QED) is 0.786. The standard InChI is InChI=1S/C13H14N2S/c1-9-7-15(13(16)14-9)8-11-6-10-4-2-3-5-12(10)11/h2-5,7,11H,6,8H2,1H3,(H,14,16). The minimum absolute atomic E-state index is 0.637. The van der Waals surface area contributed by atoms with Gasteiger partial charge < -0.3 is 9.55 Å². The van der Waals surface area contributed by atoms with Gasteiger partial charge in [0, 0.05) is 24.4 Å². The first-order chi connectivity index (χ1) is 7.74. The summed E-state index contributed by atoms with van der Waals surface area (Å²) in [6.45, 7) is 3.04. The fourth-order valence-corrected chi connectivity index (χ4v) is 2.75. The van der Waals surface area contributed by atoms with Crippen molar-refractivity contribution in [2.45, 2.75) is 25.8 Å². The van der Waals surface area contributed by atoms with Crippen LogP contribution in [-0.2, 0) is 13.0 Å². The first-order valence-corrected chi connectivity index (χ1v) is 5.99. The summed E-state index contributed by atoms with van der Waals surface area (Å²) in [5, 5.41) is 0. The number of hydrogen-bond acceptors (Lipinski definition) is 1. The molecule has 2 aromatic rings. The van der Waals surface area contributed by atoms with Crippen molar-refractivity contribution in [2.75, 3.05) is 0 Å². The minimum Gasteiger partial charge on any atom is -0.335 e. The average molecular weight is 230 g/mol. The number of aromatic amines is 1. The second-order valence-corrected chi connectivity index (χ2v) is 4.88. The molecule has 1 N–H and O–H groups in total. The van der Waals surface area contributed by atoms with E-state index in [1.165, 1.54) is 17.5 Å². The topological polar surface area (TPSA) is 20.7 Å². The van der Waals surface area contributed by atoms with E-state index < -0.39 is 0 Å². The Morgan fingerprint density at radius 3 is 2.94 bits per heavy atom. The molecule has 3 heteroatoms. The van der Waals surface area contributed by atoms with Crippen LogP contribution in [0.4, 0.5) is 0 Å². The molecule has 0 amide bonds. The lowest BCUT2D eigenvalue weighted by molar-refractivity contribution is 0.505. The summed E-state index contributed by atoms with van der Waals surface area (Å²) in [7, 11) is 0. The van der Waals surface area contributed by atoms with Crippen LogP contribution in [0, 0.1) is 11.7 Å². The second kappa shape index (κ2) is 3.59. The Hall–Kier alpha value is -1.35. The molecule has 0 fully saturated rings. The molecular weight excluding hydrogens is 216 g/mol. The average Bonchev–Trinajstić information content (AvgIpc) is 2.54. The molecule has 1 heterocycles. The molecule has 0 radical (unpaired) electrons. The first-order valence-electron chi connectivity index (χ1n) is 5.58. The van der Waals surface area contributed by atoms with Crippen molar-refractivity contribution in [1.29, 1.82) is 0 Å². The van der Waals surface area contributed by atoms with E-state index in [1.54, 1.807) is 0 Å². The Balaban J connectivity index is 1.84. The van der Waals surface area contributed by atoms with E-state index in [0.717, 1.165) is 17.0 Å². The summed E-state index contributed by atoms with van der Waals surface area (Å²) in [4.78, 5) is 3.16. The highest BCUT2D eigenvalue weighted by Crippen LogP contribution is 2.35. The zero-order valence-electron chi connectivity index (χ0n) is 9.23. The van der Waals surface area contributed by atoms with E-state index in [2.05, 4.69) is 40.0 Å². The van der Waals surface area contributed by atoms with Gasteiger partial charge >= 0.3 is 0 Å². The number of nitrogens with one attached hydrogen (secondary N) is 1. The van der Waals surface area contributed by atoms with E-state index >= 15 is 0 Å². The highest BCUT2D eigenvalue weighted by molar-refractivity contribution is 7.71. The number of H-pyrrole nitrogens is 1. The van der Waals surface area contributed by atoms with Gasteiger partial charge in [-0.1, -0.05) is 24.3 Å². The summed E-state index contributed by atoms with van der Waals surface area (Å²) in [6.07, 6.45) is 3.28. The third-order valence-electron chi connectivity index (χ3n) is 3.29. The van der Waals surface area contributed by atoms with E-state index in [0.29, 0.717) is 5.92 Å². The minimum atomic E-state index is 0.637. The summed E-state index contributed by atoms with van der Waals surface area (Å²) in [5.74, 6) is 0.637. The van der Waals surface area contributed by atoms with E-state index in [-0.39, 0.29) is 0 Å². The molecule has 2 nitrogen and oxygen atoms in total. The lowest BCUT2D eigenvalue weighted by Crippen LogP contribution is -2.21. The molecule has 82 valence electrons. The number of hydrogen-bond donors (Lipinski definition) is 1. The number of rotatable bonds is 2. The largest absolute Gasteiger partial charge is 0.335 e. The molecule has 0 saturated heterocycles. The highest BCUT2D eigenvalue weighted by Gasteiger charge is 2.25. The molecule has 1 aliphatic carbocycles. The smallest absolute Gasteiger partial charge is 0.177 e. The molecule has 0 bridgehead atoms. The maximum absolute atomic E-state index is 5.27. The van der Waals surface area contributed by atoms with Crippen molar-refractivity contribution >= 4 is 12.2 Å². The predicted octanol–water partition coefficient (Wildman–Crippen LogP) is 3.19. The SMILES string of the molecule is Cc1cn(CC2Cc3ccccc32)c(=S)[nH]1. The fourth-order valence-electron chi connectivity index (χ4n) is 2.46. The molecule has 0 saturated carbocycles. The molecule has 1 aromatic heterocycles. The predicted molar refractivity (Wildman–Crippen MR) is 67.2 cm³/mol. The van der Waals surface area contributed by atoms with Crippen LogP contribution in [0.2, 0.25) is 0 Å². The number of imidazole rings is 1. The molecule has 1 aromatic carbocycles. The van der Waals surface area contributed by atoms with Gasteiger partial charge in [0.2, 0.25) is 0 Å². The van der Waals surface area contributed by atoms with Gasteiger partial charge in [-0.3, -0.25) is 0 Å². The van der Waals surface area contributed by atoms with Crippen molar-refractivity contribution < 1.29 is 0 Å². The van der Waals surface area contributed by atoms with Crippen molar-refractivity contribution in [3.63, 3.8) is 0 Å². The Bertz CT molecular complexity index is 580. The van der Waals surface area contributed by atoms with Crippen molar-refractivity contribution in [3.8, 4) is 0 Å². The zero-order valence-corrected chi connectivity index (χ0v) is 10.1. The monoisotopic (exact) mass is 230 g/mol. The molecule has 0 aliphatic heterocycles. The van der Waals surface area contributed by atoms with Gasteiger partial charge in [0.1, 0.15) is 0 Å². The molecule has 16 heavy (non-hydrogen) atoms. The Morgan fingerprint density at radius 1 is 1.44 bits per heavy atom. The van der Waals surface area contributed by atoms with E-state index in [1.807, 2.05) is 6.92 Å². The molecule has 0 spiro atoms. The van der Waals surface area contributed by atoms with Crippen LogP contribution in [0.15, 0.2) is 30.5 Å². The fraction of sp³-hybridized carbons (Fsp3) is 0.308. The maximum Gasteiger partial charge on any atom is 0.177 e. The number of aryl methyl sites for hydroxylation is 1. The van der Waals surface area contributed by atoms with Gasteiger partial charge in [-0.25, -0.2) is 0 Å². The third-order valence-corrected chi connectivity index (χ3v) is 3.63. The highest BCUT2D eigenvalue weighted by atomic mass is 32.1. The van der Waals surface area contributed by atoms with E-state index in [9.17, 15) is 0 Å². The van der Waals surface area contributed by atoms with Gasteiger partial charge in [0.15, 0.2) is 4.77 Å². The summed E-state index contributed by atoms with van der Waals surface area (Å²) in [5.41, 5.74) is 4.12. The van der Waals surface area contributed by atoms with Crippen LogP contribution in [-0.4, -0.2) is 9.55 Å². The molecular formula is C13H14N2S. The summed E-state index contributed by atoms with van der Waals surface area (Å²) in [6, 6.07) is 8.67. The molecule has 1 aliphatic rings. The lowest BCUT2D eigenvalue weighted by Gasteiger charge is -2.30. The maximum atomic E-state index is 5.27. The van der Waals surface area contributed by atoms with Crippen LogP contribution >= 0.6 is 12.2 Å². The van der Waals surface area contributed by atoms with Crippen LogP contribution in [0.1, 0.15) is 22.7 Å². The van der Waals surface area contributed by atoms with Gasteiger partial charge in [-0.15, -0.1) is 0 Å². The van der Waals surface area contributed by atoms with Crippen LogP contribution < -0.4 is 0 Å². The normalized spacial score (nSPS) is 17.9. The summed E-state index contributed by atoms with van der Waals surface area (Å²) >= 11 is 5.27. The van der Waals surface area contributed by atoms with Crippen LogP contribution in [0.3, 0.4) is 0 Å². The van der Waals surface area contributed by atoms with Gasteiger partial charge in [0.05, 0.1) is 0 Å². The van der Waals surface area contributed by atoms with Crippen molar-refractivity contribution in [2.24, 2.45) is 0 Å². The van der Waals surface area contributed by atoms with Gasteiger partial charge in [-0.05, 0) is 36.7 Å². The van der Waals surface area contributed by atoms with E-state index in [4.69, 9.17) is 12.2 Å². The number of benzene rings is 1. The lowest BCUT2D eigenvalue weighted by atomic mass is 9.77. The molecule has 3 rings (SSSR count). The van der Waals surface area contributed by atoms with Crippen LogP contribution in [0.25, 0.3) is 0 Å². The second-order valence-electron chi connectivity index (χ2n) is 4.49. The zero-order chi connectivity index (χ0) is 11.1. The van der Waals surface area contributed by atoms with Crippen LogP contribution in [0.5, 0.6) is 0 Å².